The normalized spacial score (nSPS) is 10.9. The lowest BCUT2D eigenvalue weighted by molar-refractivity contribution is 0.0736. The lowest BCUT2D eigenvalue weighted by Crippen LogP contribution is -2.25. The fourth-order valence-corrected chi connectivity index (χ4v) is 2.09. The molecule has 0 saturated carbocycles. The van der Waals surface area contributed by atoms with Gasteiger partial charge in [0.25, 0.3) is 5.91 Å². The molecule has 0 bridgehead atoms. The molecule has 0 radical (unpaired) electrons. The lowest BCUT2D eigenvalue weighted by Gasteiger charge is -2.13. The maximum atomic E-state index is 12.4. The summed E-state index contributed by atoms with van der Waals surface area (Å²) in [5.74, 6) is 1.60. The maximum absolute atomic E-state index is 12.4. The van der Waals surface area contributed by atoms with E-state index in [0.717, 1.165) is 16.9 Å². The number of amides is 1. The van der Waals surface area contributed by atoms with E-state index in [2.05, 4.69) is 5.16 Å². The average molecular weight is 270 g/mol. The second-order valence-corrected chi connectivity index (χ2v) is 4.70. The highest BCUT2D eigenvalue weighted by atomic mass is 16.5. The summed E-state index contributed by atoms with van der Waals surface area (Å²) in [5.41, 5.74) is 0.679. The molecule has 5 heteroatoms. The Labute approximate surface area is 115 Å². The molecular formula is C15H14N2O3. The van der Waals surface area contributed by atoms with Crippen LogP contribution < -0.4 is 0 Å². The van der Waals surface area contributed by atoms with Gasteiger partial charge in [0.2, 0.25) is 5.76 Å². The first kappa shape index (κ1) is 12.5. The summed E-state index contributed by atoms with van der Waals surface area (Å²) in [7, 11) is 1.71. The Morgan fingerprint density at radius 3 is 2.80 bits per heavy atom. The number of aryl methyl sites for hydroxylation is 1. The van der Waals surface area contributed by atoms with Gasteiger partial charge in [0.15, 0.2) is 0 Å². The minimum atomic E-state index is -0.215. The van der Waals surface area contributed by atoms with Gasteiger partial charge in [-0.05, 0) is 31.2 Å². The second kappa shape index (κ2) is 4.85. The fourth-order valence-electron chi connectivity index (χ4n) is 2.09. The van der Waals surface area contributed by atoms with Crippen molar-refractivity contribution in [2.45, 2.75) is 13.5 Å². The van der Waals surface area contributed by atoms with Crippen molar-refractivity contribution < 1.29 is 13.7 Å². The average Bonchev–Trinajstić information content (AvgIpc) is 3.04. The molecule has 0 aliphatic heterocycles. The Morgan fingerprint density at radius 2 is 2.05 bits per heavy atom. The van der Waals surface area contributed by atoms with Crippen LogP contribution in [0.2, 0.25) is 0 Å². The molecule has 1 aromatic carbocycles. The Bertz CT molecular complexity index is 757. The van der Waals surface area contributed by atoms with E-state index in [0.29, 0.717) is 12.1 Å². The van der Waals surface area contributed by atoms with Crippen LogP contribution in [-0.4, -0.2) is 23.0 Å². The van der Waals surface area contributed by atoms with Gasteiger partial charge >= 0.3 is 0 Å². The summed E-state index contributed by atoms with van der Waals surface area (Å²) >= 11 is 0. The van der Waals surface area contributed by atoms with Crippen molar-refractivity contribution in [3.8, 4) is 0 Å². The molecule has 0 aliphatic rings. The SMILES string of the molecule is Cc1ccc(CN(C)C(=O)c2onc3ccccc23)o1. The van der Waals surface area contributed by atoms with E-state index < -0.39 is 0 Å². The molecule has 2 heterocycles. The Balaban J connectivity index is 1.84. The topological polar surface area (TPSA) is 59.5 Å². The Morgan fingerprint density at radius 1 is 1.25 bits per heavy atom. The van der Waals surface area contributed by atoms with Gasteiger partial charge in [0, 0.05) is 7.05 Å². The molecule has 0 unspecified atom stereocenters. The zero-order valence-electron chi connectivity index (χ0n) is 11.3. The largest absolute Gasteiger partial charge is 0.464 e. The molecule has 0 fully saturated rings. The number of aromatic nitrogens is 1. The molecule has 102 valence electrons. The van der Waals surface area contributed by atoms with Crippen molar-refractivity contribution in [2.24, 2.45) is 0 Å². The monoisotopic (exact) mass is 270 g/mol. The van der Waals surface area contributed by atoms with Crippen molar-refractivity contribution >= 4 is 16.8 Å². The van der Waals surface area contributed by atoms with Gasteiger partial charge < -0.3 is 13.8 Å². The first-order valence-corrected chi connectivity index (χ1v) is 6.30. The van der Waals surface area contributed by atoms with Crippen LogP contribution in [0.4, 0.5) is 0 Å². The van der Waals surface area contributed by atoms with E-state index in [9.17, 15) is 4.79 Å². The van der Waals surface area contributed by atoms with Crippen LogP contribution in [0.25, 0.3) is 10.9 Å². The molecule has 0 saturated heterocycles. The van der Waals surface area contributed by atoms with Gasteiger partial charge in [-0.15, -0.1) is 0 Å². The molecule has 3 rings (SSSR count). The molecular weight excluding hydrogens is 256 g/mol. The Kier molecular flexibility index (Phi) is 3.02. The maximum Gasteiger partial charge on any atom is 0.293 e. The quantitative estimate of drug-likeness (QED) is 0.734. The highest BCUT2D eigenvalue weighted by Crippen LogP contribution is 2.20. The highest BCUT2D eigenvalue weighted by molar-refractivity contribution is 6.03. The molecule has 1 amide bonds. The summed E-state index contributed by atoms with van der Waals surface area (Å²) in [5, 5.41) is 4.61. The number of rotatable bonds is 3. The number of benzene rings is 1. The number of nitrogens with zero attached hydrogens (tertiary/aromatic N) is 2. The Hall–Kier alpha value is -2.56. The molecule has 5 nitrogen and oxygen atoms in total. The minimum absolute atomic E-state index is 0.215. The number of hydrogen-bond acceptors (Lipinski definition) is 4. The standard InChI is InChI=1S/C15H14N2O3/c1-10-7-8-11(19-10)9-17(2)15(18)14-12-5-3-4-6-13(12)16-20-14/h3-8H,9H2,1-2H3. The lowest BCUT2D eigenvalue weighted by atomic mass is 10.2. The first-order chi connectivity index (χ1) is 9.65. The number of fused-ring (bicyclic) bond motifs is 1. The van der Waals surface area contributed by atoms with E-state index in [1.54, 1.807) is 11.9 Å². The third-order valence-electron chi connectivity index (χ3n) is 3.11. The van der Waals surface area contributed by atoms with Gasteiger partial charge in [-0.25, -0.2) is 0 Å². The number of carbonyl (C=O) groups excluding carboxylic acids is 1. The van der Waals surface area contributed by atoms with Crippen molar-refractivity contribution in [3.05, 3.63) is 53.7 Å². The summed E-state index contributed by atoms with van der Waals surface area (Å²) < 4.78 is 10.6. The van der Waals surface area contributed by atoms with Crippen LogP contribution in [0.3, 0.4) is 0 Å². The highest BCUT2D eigenvalue weighted by Gasteiger charge is 2.20. The van der Waals surface area contributed by atoms with E-state index in [1.807, 2.05) is 43.3 Å². The summed E-state index contributed by atoms with van der Waals surface area (Å²) in [6.45, 7) is 2.26. The number of furan rings is 1. The summed E-state index contributed by atoms with van der Waals surface area (Å²) in [6.07, 6.45) is 0. The predicted molar refractivity (Wildman–Crippen MR) is 73.3 cm³/mol. The molecule has 20 heavy (non-hydrogen) atoms. The minimum Gasteiger partial charge on any atom is -0.464 e. The molecule has 3 aromatic rings. The van der Waals surface area contributed by atoms with Gasteiger partial charge in [0.05, 0.1) is 11.9 Å². The zero-order chi connectivity index (χ0) is 14.1. The van der Waals surface area contributed by atoms with Gasteiger partial charge in [0.1, 0.15) is 17.0 Å². The summed E-state index contributed by atoms with van der Waals surface area (Å²) in [4.78, 5) is 13.9. The third-order valence-corrected chi connectivity index (χ3v) is 3.11. The van der Waals surface area contributed by atoms with Gasteiger partial charge in [-0.2, -0.15) is 0 Å². The van der Waals surface area contributed by atoms with Crippen LogP contribution in [0.1, 0.15) is 22.1 Å². The number of hydrogen-bond donors (Lipinski definition) is 0. The summed E-state index contributed by atoms with van der Waals surface area (Å²) in [6, 6.07) is 11.1. The van der Waals surface area contributed by atoms with E-state index in [4.69, 9.17) is 8.94 Å². The first-order valence-electron chi connectivity index (χ1n) is 6.30. The van der Waals surface area contributed by atoms with Gasteiger partial charge in [-0.3, -0.25) is 4.79 Å². The van der Waals surface area contributed by atoms with Crippen LogP contribution >= 0.6 is 0 Å². The van der Waals surface area contributed by atoms with Crippen molar-refractivity contribution in [2.75, 3.05) is 7.05 Å². The molecule has 2 aromatic heterocycles. The smallest absolute Gasteiger partial charge is 0.293 e. The fraction of sp³-hybridized carbons (Fsp3) is 0.200. The van der Waals surface area contributed by atoms with E-state index >= 15 is 0 Å². The predicted octanol–water partition coefficient (Wildman–Crippen LogP) is 3.00. The molecule has 0 spiro atoms. The van der Waals surface area contributed by atoms with E-state index in [-0.39, 0.29) is 11.7 Å². The van der Waals surface area contributed by atoms with Crippen molar-refractivity contribution in [1.82, 2.24) is 10.1 Å². The molecule has 0 atom stereocenters. The third kappa shape index (κ3) is 2.18. The zero-order valence-corrected chi connectivity index (χ0v) is 11.3. The van der Waals surface area contributed by atoms with Gasteiger partial charge in [-0.1, -0.05) is 17.3 Å². The van der Waals surface area contributed by atoms with E-state index in [1.165, 1.54) is 0 Å². The van der Waals surface area contributed by atoms with Crippen LogP contribution in [0, 0.1) is 6.92 Å². The molecule has 0 N–H and O–H groups in total. The number of carbonyl (C=O) groups is 1. The van der Waals surface area contributed by atoms with Crippen LogP contribution in [0.15, 0.2) is 45.3 Å². The second-order valence-electron chi connectivity index (χ2n) is 4.70. The van der Waals surface area contributed by atoms with Crippen LogP contribution in [0.5, 0.6) is 0 Å². The van der Waals surface area contributed by atoms with Crippen LogP contribution in [-0.2, 0) is 6.54 Å². The van der Waals surface area contributed by atoms with Crippen molar-refractivity contribution in [1.29, 1.82) is 0 Å². The van der Waals surface area contributed by atoms with Crippen molar-refractivity contribution in [3.63, 3.8) is 0 Å². The molecule has 0 aliphatic carbocycles.